The van der Waals surface area contributed by atoms with Gasteiger partial charge in [-0.3, -0.25) is 4.79 Å². The SMILES string of the molecule is COC(=O)c1ccccc1Nc1ncc(C(=O)NCCc2ccc(F)cc2)cn1. The second-order valence-electron chi connectivity index (χ2n) is 6.09. The minimum Gasteiger partial charge on any atom is -0.465 e. The summed E-state index contributed by atoms with van der Waals surface area (Å²) < 4.78 is 17.6. The van der Waals surface area contributed by atoms with E-state index in [1.165, 1.54) is 31.6 Å². The van der Waals surface area contributed by atoms with Gasteiger partial charge in [-0.05, 0) is 36.2 Å². The number of methoxy groups -OCH3 is 1. The molecule has 0 saturated carbocycles. The summed E-state index contributed by atoms with van der Waals surface area (Å²) in [5.74, 6) is -0.846. The molecule has 0 saturated heterocycles. The van der Waals surface area contributed by atoms with Gasteiger partial charge < -0.3 is 15.4 Å². The van der Waals surface area contributed by atoms with E-state index in [9.17, 15) is 14.0 Å². The molecule has 2 aromatic carbocycles. The van der Waals surface area contributed by atoms with E-state index in [4.69, 9.17) is 4.74 Å². The van der Waals surface area contributed by atoms with Crippen molar-refractivity contribution in [3.8, 4) is 0 Å². The summed E-state index contributed by atoms with van der Waals surface area (Å²) in [6.45, 7) is 0.400. The third-order valence-corrected chi connectivity index (χ3v) is 4.11. The number of esters is 1. The molecule has 0 fully saturated rings. The molecular weight excluding hydrogens is 375 g/mol. The Bertz CT molecular complexity index is 992. The topological polar surface area (TPSA) is 93.2 Å². The molecule has 2 N–H and O–H groups in total. The highest BCUT2D eigenvalue weighted by atomic mass is 19.1. The van der Waals surface area contributed by atoms with E-state index in [0.29, 0.717) is 29.8 Å². The Balaban J connectivity index is 1.58. The number of hydrogen-bond acceptors (Lipinski definition) is 6. The molecule has 3 rings (SSSR count). The predicted octanol–water partition coefficient (Wildman–Crippen LogP) is 3.12. The van der Waals surface area contributed by atoms with Crippen molar-refractivity contribution >= 4 is 23.5 Å². The number of carbonyl (C=O) groups is 2. The Morgan fingerprint density at radius 2 is 1.72 bits per heavy atom. The van der Waals surface area contributed by atoms with E-state index >= 15 is 0 Å². The van der Waals surface area contributed by atoms with Crippen molar-refractivity contribution < 1.29 is 18.7 Å². The van der Waals surface area contributed by atoms with E-state index in [0.717, 1.165) is 5.56 Å². The maximum absolute atomic E-state index is 12.9. The van der Waals surface area contributed by atoms with Crippen molar-refractivity contribution in [1.29, 1.82) is 0 Å². The first-order valence-corrected chi connectivity index (χ1v) is 8.86. The van der Waals surface area contributed by atoms with Crippen LogP contribution in [0.4, 0.5) is 16.0 Å². The second kappa shape index (κ2) is 9.41. The summed E-state index contributed by atoms with van der Waals surface area (Å²) in [5.41, 5.74) is 2.07. The molecule has 3 aromatic rings. The van der Waals surface area contributed by atoms with Gasteiger partial charge >= 0.3 is 5.97 Å². The van der Waals surface area contributed by atoms with Gasteiger partial charge in [-0.2, -0.15) is 0 Å². The molecule has 29 heavy (non-hydrogen) atoms. The van der Waals surface area contributed by atoms with Crippen molar-refractivity contribution in [3.05, 3.63) is 83.4 Å². The van der Waals surface area contributed by atoms with Gasteiger partial charge in [0.25, 0.3) is 5.91 Å². The maximum Gasteiger partial charge on any atom is 0.339 e. The van der Waals surface area contributed by atoms with Crippen LogP contribution in [-0.4, -0.2) is 35.5 Å². The number of anilines is 2. The Labute approximate surface area is 167 Å². The number of amides is 1. The van der Waals surface area contributed by atoms with E-state index in [1.807, 2.05) is 0 Å². The lowest BCUT2D eigenvalue weighted by Gasteiger charge is -2.09. The average Bonchev–Trinajstić information content (AvgIpc) is 2.75. The van der Waals surface area contributed by atoms with Gasteiger partial charge in [0.1, 0.15) is 5.82 Å². The molecule has 0 aliphatic heterocycles. The van der Waals surface area contributed by atoms with Crippen LogP contribution in [0.3, 0.4) is 0 Å². The number of benzene rings is 2. The number of nitrogens with zero attached hydrogens (tertiary/aromatic N) is 2. The van der Waals surface area contributed by atoms with Crippen molar-refractivity contribution in [3.63, 3.8) is 0 Å². The molecule has 1 heterocycles. The van der Waals surface area contributed by atoms with Crippen LogP contribution in [0.5, 0.6) is 0 Å². The normalized spacial score (nSPS) is 10.3. The highest BCUT2D eigenvalue weighted by Crippen LogP contribution is 2.19. The van der Waals surface area contributed by atoms with Gasteiger partial charge in [0.05, 0.1) is 23.9 Å². The van der Waals surface area contributed by atoms with E-state index in [1.54, 1.807) is 36.4 Å². The van der Waals surface area contributed by atoms with Gasteiger partial charge in [0, 0.05) is 18.9 Å². The van der Waals surface area contributed by atoms with Crippen LogP contribution in [-0.2, 0) is 11.2 Å². The fraction of sp³-hybridized carbons (Fsp3) is 0.143. The number of aromatic nitrogens is 2. The standard InChI is InChI=1S/C21H19FN4O3/c1-29-20(28)17-4-2-3-5-18(17)26-21-24-12-15(13-25-21)19(27)23-11-10-14-6-8-16(22)9-7-14/h2-9,12-13H,10-11H2,1H3,(H,23,27)(H,24,25,26). The number of rotatable bonds is 7. The first-order chi connectivity index (χ1) is 14.1. The van der Waals surface area contributed by atoms with Crippen molar-refractivity contribution in [2.45, 2.75) is 6.42 Å². The van der Waals surface area contributed by atoms with Crippen LogP contribution < -0.4 is 10.6 Å². The molecule has 0 spiro atoms. The minimum absolute atomic E-state index is 0.240. The molecular formula is C21H19FN4O3. The van der Waals surface area contributed by atoms with Gasteiger partial charge in [-0.1, -0.05) is 24.3 Å². The highest BCUT2D eigenvalue weighted by Gasteiger charge is 2.12. The summed E-state index contributed by atoms with van der Waals surface area (Å²) in [7, 11) is 1.30. The number of para-hydroxylation sites is 1. The lowest BCUT2D eigenvalue weighted by atomic mass is 10.1. The number of hydrogen-bond donors (Lipinski definition) is 2. The maximum atomic E-state index is 12.9. The number of nitrogens with one attached hydrogen (secondary N) is 2. The van der Waals surface area contributed by atoms with E-state index in [2.05, 4.69) is 20.6 Å². The molecule has 0 aliphatic carbocycles. The molecule has 0 bridgehead atoms. The van der Waals surface area contributed by atoms with Crippen LogP contribution in [0.15, 0.2) is 60.9 Å². The van der Waals surface area contributed by atoms with Crippen LogP contribution >= 0.6 is 0 Å². The molecule has 0 radical (unpaired) electrons. The summed E-state index contributed by atoms with van der Waals surface area (Å²) in [6, 6.07) is 12.9. The van der Waals surface area contributed by atoms with Crippen molar-refractivity contribution in [2.24, 2.45) is 0 Å². The largest absolute Gasteiger partial charge is 0.465 e. The van der Waals surface area contributed by atoms with Crippen molar-refractivity contribution in [2.75, 3.05) is 19.0 Å². The molecule has 8 heteroatoms. The van der Waals surface area contributed by atoms with Crippen LogP contribution in [0.2, 0.25) is 0 Å². The van der Waals surface area contributed by atoms with Gasteiger partial charge in [-0.25, -0.2) is 19.2 Å². The molecule has 0 unspecified atom stereocenters. The number of carbonyl (C=O) groups excluding carboxylic acids is 2. The monoisotopic (exact) mass is 394 g/mol. The first-order valence-electron chi connectivity index (χ1n) is 8.86. The minimum atomic E-state index is -0.481. The van der Waals surface area contributed by atoms with Crippen LogP contribution in [0, 0.1) is 5.82 Å². The number of ether oxygens (including phenoxy) is 1. The lowest BCUT2D eigenvalue weighted by molar-refractivity contribution is 0.0601. The summed E-state index contributed by atoms with van der Waals surface area (Å²) in [5, 5.41) is 5.71. The Morgan fingerprint density at radius 1 is 1.03 bits per heavy atom. The molecule has 7 nitrogen and oxygen atoms in total. The Kier molecular flexibility index (Phi) is 6.47. The zero-order chi connectivity index (χ0) is 20.6. The smallest absolute Gasteiger partial charge is 0.339 e. The zero-order valence-corrected chi connectivity index (χ0v) is 15.7. The quantitative estimate of drug-likeness (QED) is 0.598. The second-order valence-corrected chi connectivity index (χ2v) is 6.09. The third kappa shape index (κ3) is 5.35. The zero-order valence-electron chi connectivity index (χ0n) is 15.7. The van der Waals surface area contributed by atoms with Gasteiger partial charge in [-0.15, -0.1) is 0 Å². The number of halogens is 1. The first kappa shape index (κ1) is 19.9. The Hall–Kier alpha value is -3.81. The van der Waals surface area contributed by atoms with Crippen molar-refractivity contribution in [1.82, 2.24) is 15.3 Å². The molecule has 148 valence electrons. The fourth-order valence-electron chi connectivity index (χ4n) is 2.58. The summed E-state index contributed by atoms with van der Waals surface area (Å²) >= 11 is 0. The van der Waals surface area contributed by atoms with Gasteiger partial charge in [0.15, 0.2) is 0 Å². The summed E-state index contributed by atoms with van der Waals surface area (Å²) in [6.07, 6.45) is 3.36. The highest BCUT2D eigenvalue weighted by molar-refractivity contribution is 5.96. The van der Waals surface area contributed by atoms with E-state index in [-0.39, 0.29) is 17.7 Å². The molecule has 1 amide bonds. The van der Waals surface area contributed by atoms with Gasteiger partial charge in [0.2, 0.25) is 5.95 Å². The summed E-state index contributed by atoms with van der Waals surface area (Å²) in [4.78, 5) is 32.3. The van der Waals surface area contributed by atoms with Crippen LogP contribution in [0.25, 0.3) is 0 Å². The molecule has 1 aromatic heterocycles. The average molecular weight is 394 g/mol. The molecule has 0 atom stereocenters. The third-order valence-electron chi connectivity index (χ3n) is 4.11. The Morgan fingerprint density at radius 3 is 2.41 bits per heavy atom. The van der Waals surface area contributed by atoms with E-state index < -0.39 is 5.97 Å². The lowest BCUT2D eigenvalue weighted by Crippen LogP contribution is -2.26. The van der Waals surface area contributed by atoms with Crippen LogP contribution in [0.1, 0.15) is 26.3 Å². The fourth-order valence-corrected chi connectivity index (χ4v) is 2.58. The molecule has 0 aliphatic rings. The predicted molar refractivity (Wildman–Crippen MR) is 106 cm³/mol.